The Morgan fingerprint density at radius 1 is 1.27 bits per heavy atom. The zero-order chi connectivity index (χ0) is 15.5. The minimum absolute atomic E-state index is 0.0235. The predicted molar refractivity (Wildman–Crippen MR) is 86.3 cm³/mol. The van der Waals surface area contributed by atoms with Gasteiger partial charge in [0.2, 0.25) is 5.91 Å². The van der Waals surface area contributed by atoms with Gasteiger partial charge in [-0.05, 0) is 24.8 Å². The zero-order valence-corrected chi connectivity index (χ0v) is 13.5. The molecule has 4 heteroatoms. The molecule has 0 unspecified atom stereocenters. The summed E-state index contributed by atoms with van der Waals surface area (Å²) in [7, 11) is 0. The summed E-state index contributed by atoms with van der Waals surface area (Å²) >= 11 is 0. The average Bonchev–Trinajstić information content (AvgIpc) is 3.06. The van der Waals surface area contributed by atoms with Crippen molar-refractivity contribution in [3.63, 3.8) is 0 Å². The molecule has 1 aromatic rings. The van der Waals surface area contributed by atoms with Crippen LogP contribution in [0.15, 0.2) is 30.3 Å². The maximum absolute atomic E-state index is 12.4. The van der Waals surface area contributed by atoms with Gasteiger partial charge in [-0.1, -0.05) is 37.3 Å². The molecule has 0 radical (unpaired) electrons. The number of carbonyl (C=O) groups excluding carboxylic acids is 1. The van der Waals surface area contributed by atoms with E-state index < -0.39 is 0 Å². The van der Waals surface area contributed by atoms with E-state index in [2.05, 4.69) is 41.4 Å². The maximum atomic E-state index is 12.4. The normalized spacial score (nSPS) is 32.3. The number of likely N-dealkylation sites (tertiary alicyclic amines) is 1. The summed E-state index contributed by atoms with van der Waals surface area (Å²) in [5.74, 6) is 0.684. The van der Waals surface area contributed by atoms with Gasteiger partial charge in [0.05, 0.1) is 12.0 Å². The second kappa shape index (κ2) is 6.80. The molecule has 0 spiro atoms. The third-order valence-corrected chi connectivity index (χ3v) is 4.98. The number of amides is 1. The summed E-state index contributed by atoms with van der Waals surface area (Å²) in [5.41, 5.74) is 1.33. The molecule has 22 heavy (non-hydrogen) atoms. The Hall–Kier alpha value is -1.39. The summed E-state index contributed by atoms with van der Waals surface area (Å²) in [4.78, 5) is 14.8. The topological polar surface area (TPSA) is 41.6 Å². The van der Waals surface area contributed by atoms with Crippen LogP contribution in [-0.4, -0.2) is 42.6 Å². The highest BCUT2D eigenvalue weighted by Gasteiger charge is 2.35. The first-order valence-corrected chi connectivity index (χ1v) is 8.31. The molecule has 0 aromatic heterocycles. The number of rotatable bonds is 4. The Bertz CT molecular complexity index is 505. The van der Waals surface area contributed by atoms with E-state index >= 15 is 0 Å². The number of ether oxygens (including phenoxy) is 1. The van der Waals surface area contributed by atoms with E-state index in [4.69, 9.17) is 4.74 Å². The van der Waals surface area contributed by atoms with E-state index in [1.54, 1.807) is 0 Å². The molecule has 1 aromatic carbocycles. The fraction of sp³-hybridized carbons (Fsp3) is 0.611. The van der Waals surface area contributed by atoms with E-state index in [9.17, 15) is 4.79 Å². The lowest BCUT2D eigenvalue weighted by molar-refractivity contribution is -0.127. The number of hydrogen-bond acceptors (Lipinski definition) is 3. The number of carbonyl (C=O) groups is 1. The van der Waals surface area contributed by atoms with E-state index in [0.717, 1.165) is 26.1 Å². The Morgan fingerprint density at radius 3 is 2.73 bits per heavy atom. The molecule has 2 fully saturated rings. The highest BCUT2D eigenvalue weighted by molar-refractivity contribution is 5.79. The van der Waals surface area contributed by atoms with Gasteiger partial charge in [0.1, 0.15) is 0 Å². The van der Waals surface area contributed by atoms with E-state index in [0.29, 0.717) is 12.5 Å². The number of nitrogens with zero attached hydrogens (tertiary/aromatic N) is 1. The average molecular weight is 302 g/mol. The quantitative estimate of drug-likeness (QED) is 0.925. The third-order valence-electron chi connectivity index (χ3n) is 4.98. The first-order chi connectivity index (χ1) is 10.6. The molecule has 120 valence electrons. The van der Waals surface area contributed by atoms with Crippen molar-refractivity contribution in [1.82, 2.24) is 10.2 Å². The lowest BCUT2D eigenvalue weighted by Gasteiger charge is -2.21. The van der Waals surface area contributed by atoms with Crippen molar-refractivity contribution >= 4 is 5.91 Å². The van der Waals surface area contributed by atoms with Gasteiger partial charge in [0.25, 0.3) is 0 Å². The Kier molecular flexibility index (Phi) is 4.79. The lowest BCUT2D eigenvalue weighted by Crippen LogP contribution is -2.44. The minimum Gasteiger partial charge on any atom is -0.378 e. The van der Waals surface area contributed by atoms with Gasteiger partial charge in [-0.15, -0.1) is 0 Å². The Labute approximate surface area is 132 Å². The maximum Gasteiger partial charge on any atom is 0.226 e. The monoisotopic (exact) mass is 302 g/mol. The van der Waals surface area contributed by atoms with Crippen molar-refractivity contribution in [3.8, 4) is 0 Å². The molecule has 2 aliphatic heterocycles. The van der Waals surface area contributed by atoms with Crippen LogP contribution in [0.4, 0.5) is 0 Å². The Morgan fingerprint density at radius 2 is 2.05 bits per heavy atom. The highest BCUT2D eigenvalue weighted by atomic mass is 16.5. The van der Waals surface area contributed by atoms with Crippen LogP contribution in [0.3, 0.4) is 0 Å². The van der Waals surface area contributed by atoms with E-state index in [1.807, 2.05) is 13.0 Å². The Balaban J connectivity index is 1.53. The van der Waals surface area contributed by atoms with Crippen LogP contribution in [0.2, 0.25) is 0 Å². The second-order valence-electron chi connectivity index (χ2n) is 6.74. The minimum atomic E-state index is 0.0235. The molecule has 4 nitrogen and oxygen atoms in total. The molecule has 2 aliphatic rings. The summed E-state index contributed by atoms with van der Waals surface area (Å²) in [6.07, 6.45) is 0.902. The molecule has 0 aliphatic carbocycles. The van der Waals surface area contributed by atoms with Crippen molar-refractivity contribution in [2.75, 3.05) is 19.7 Å². The standard InChI is InChI=1S/C18H26N2O2/c1-13-10-20(11-15-6-4-3-5-7-15)12-17(13)19-18(21)16-8-9-22-14(16)2/h3-7,13-14,16-17H,8-12H2,1-2H3,(H,19,21)/t13-,14+,16-,17+/m1/s1. The summed E-state index contributed by atoms with van der Waals surface area (Å²) in [6, 6.07) is 10.8. The molecule has 2 saturated heterocycles. The zero-order valence-electron chi connectivity index (χ0n) is 13.5. The fourth-order valence-corrected chi connectivity index (χ4v) is 3.59. The van der Waals surface area contributed by atoms with Crippen molar-refractivity contribution in [2.24, 2.45) is 11.8 Å². The van der Waals surface area contributed by atoms with Crippen LogP contribution in [0, 0.1) is 11.8 Å². The van der Waals surface area contributed by atoms with Crippen LogP contribution in [-0.2, 0) is 16.1 Å². The molecule has 4 atom stereocenters. The van der Waals surface area contributed by atoms with Gasteiger partial charge >= 0.3 is 0 Å². The second-order valence-corrected chi connectivity index (χ2v) is 6.74. The third kappa shape index (κ3) is 3.50. The van der Waals surface area contributed by atoms with Gasteiger partial charge < -0.3 is 10.1 Å². The first-order valence-electron chi connectivity index (χ1n) is 8.31. The van der Waals surface area contributed by atoms with Crippen LogP contribution < -0.4 is 5.32 Å². The SMILES string of the molecule is C[C@@H]1CN(Cc2ccccc2)C[C@@H]1NC(=O)[C@@H]1CCO[C@H]1C. The predicted octanol–water partition coefficient (Wildman–Crippen LogP) is 2.05. The molecular weight excluding hydrogens is 276 g/mol. The smallest absolute Gasteiger partial charge is 0.226 e. The summed E-state index contributed by atoms with van der Waals surface area (Å²) in [6.45, 7) is 7.86. The molecule has 0 saturated carbocycles. The van der Waals surface area contributed by atoms with Crippen molar-refractivity contribution in [1.29, 1.82) is 0 Å². The molecule has 0 bridgehead atoms. The van der Waals surface area contributed by atoms with Gasteiger partial charge in [0, 0.05) is 32.3 Å². The van der Waals surface area contributed by atoms with Crippen molar-refractivity contribution in [2.45, 2.75) is 39.0 Å². The number of benzene rings is 1. The molecule has 1 N–H and O–H groups in total. The summed E-state index contributed by atoms with van der Waals surface area (Å²) < 4.78 is 5.51. The fourth-order valence-electron chi connectivity index (χ4n) is 3.59. The van der Waals surface area contributed by atoms with Gasteiger partial charge in [-0.2, -0.15) is 0 Å². The van der Waals surface area contributed by atoms with Gasteiger partial charge in [-0.3, -0.25) is 9.69 Å². The van der Waals surface area contributed by atoms with Crippen molar-refractivity contribution < 1.29 is 9.53 Å². The molecule has 3 rings (SSSR count). The number of nitrogens with one attached hydrogen (secondary N) is 1. The first kappa shape index (κ1) is 15.5. The largest absolute Gasteiger partial charge is 0.378 e. The molecule has 1 amide bonds. The highest BCUT2D eigenvalue weighted by Crippen LogP contribution is 2.23. The van der Waals surface area contributed by atoms with Crippen molar-refractivity contribution in [3.05, 3.63) is 35.9 Å². The summed E-state index contributed by atoms with van der Waals surface area (Å²) in [5, 5.41) is 3.26. The molecule has 2 heterocycles. The van der Waals surface area contributed by atoms with Crippen LogP contribution in [0.25, 0.3) is 0 Å². The van der Waals surface area contributed by atoms with Gasteiger partial charge in [-0.25, -0.2) is 0 Å². The lowest BCUT2D eigenvalue weighted by atomic mass is 10.00. The van der Waals surface area contributed by atoms with Crippen LogP contribution >= 0.6 is 0 Å². The van der Waals surface area contributed by atoms with Gasteiger partial charge in [0.15, 0.2) is 0 Å². The molecular formula is C18H26N2O2. The van der Waals surface area contributed by atoms with Crippen LogP contribution in [0.5, 0.6) is 0 Å². The van der Waals surface area contributed by atoms with E-state index in [1.165, 1.54) is 5.56 Å². The van der Waals surface area contributed by atoms with E-state index in [-0.39, 0.29) is 24.0 Å². The number of hydrogen-bond donors (Lipinski definition) is 1. The van der Waals surface area contributed by atoms with Crippen LogP contribution in [0.1, 0.15) is 25.8 Å².